The van der Waals surface area contributed by atoms with Crippen molar-refractivity contribution in [2.24, 2.45) is 0 Å². The number of fused-ring (bicyclic) bond motifs is 3. The highest BCUT2D eigenvalue weighted by Crippen LogP contribution is 2.44. The van der Waals surface area contributed by atoms with E-state index < -0.39 is 5.92 Å². The normalized spacial score (nSPS) is 14.4. The van der Waals surface area contributed by atoms with Gasteiger partial charge in [0.25, 0.3) is 5.91 Å². The number of thiophene rings is 1. The van der Waals surface area contributed by atoms with Gasteiger partial charge in [-0.2, -0.15) is 0 Å². The third-order valence-electron chi connectivity index (χ3n) is 6.45. The predicted molar refractivity (Wildman–Crippen MR) is 133 cm³/mol. The highest BCUT2D eigenvalue weighted by Gasteiger charge is 2.32. The SMILES string of the molecule is O=C(Nc1ccc2c(c1)CN(C(=O)c1cccs1)CC2)C1c2ccccc2Oc2ccccc21. The van der Waals surface area contributed by atoms with E-state index >= 15 is 0 Å². The van der Waals surface area contributed by atoms with Crippen molar-refractivity contribution in [1.29, 1.82) is 0 Å². The second-order valence-corrected chi connectivity index (χ2v) is 9.49. The molecule has 0 saturated heterocycles. The number of amides is 2. The van der Waals surface area contributed by atoms with Gasteiger partial charge in [0.05, 0.1) is 10.8 Å². The summed E-state index contributed by atoms with van der Waals surface area (Å²) in [6.07, 6.45) is 0.807. The molecule has 3 aromatic carbocycles. The molecule has 5 nitrogen and oxygen atoms in total. The molecule has 0 unspecified atom stereocenters. The van der Waals surface area contributed by atoms with Gasteiger partial charge in [-0.05, 0) is 53.3 Å². The van der Waals surface area contributed by atoms with Crippen LogP contribution in [0, 0.1) is 0 Å². The van der Waals surface area contributed by atoms with E-state index in [1.807, 2.05) is 83.1 Å². The molecule has 6 heteroatoms. The summed E-state index contributed by atoms with van der Waals surface area (Å²) in [6.45, 7) is 1.24. The van der Waals surface area contributed by atoms with E-state index in [1.54, 1.807) is 0 Å². The number of ether oxygens (including phenoxy) is 1. The van der Waals surface area contributed by atoms with Crippen LogP contribution in [0.4, 0.5) is 5.69 Å². The van der Waals surface area contributed by atoms with Crippen LogP contribution >= 0.6 is 11.3 Å². The van der Waals surface area contributed by atoms with E-state index in [0.29, 0.717) is 24.6 Å². The van der Waals surface area contributed by atoms with Gasteiger partial charge in [0, 0.05) is 29.9 Å². The van der Waals surface area contributed by atoms with Gasteiger partial charge in [-0.15, -0.1) is 11.3 Å². The number of benzene rings is 3. The minimum atomic E-state index is -0.464. The number of nitrogens with zero attached hydrogens (tertiary/aromatic N) is 1. The molecule has 2 aliphatic rings. The lowest BCUT2D eigenvalue weighted by atomic mass is 9.87. The fraction of sp³-hybridized carbons (Fsp3) is 0.143. The first-order valence-electron chi connectivity index (χ1n) is 11.3. The minimum absolute atomic E-state index is 0.0607. The molecule has 168 valence electrons. The number of rotatable bonds is 3. The summed E-state index contributed by atoms with van der Waals surface area (Å²) < 4.78 is 6.03. The number of para-hydroxylation sites is 2. The highest BCUT2D eigenvalue weighted by molar-refractivity contribution is 7.12. The van der Waals surface area contributed by atoms with E-state index in [4.69, 9.17) is 4.74 Å². The molecule has 3 heterocycles. The summed E-state index contributed by atoms with van der Waals surface area (Å²) >= 11 is 1.46. The molecule has 0 aliphatic carbocycles. The van der Waals surface area contributed by atoms with Crippen LogP contribution < -0.4 is 10.1 Å². The van der Waals surface area contributed by atoms with Crippen molar-refractivity contribution in [2.75, 3.05) is 11.9 Å². The van der Waals surface area contributed by atoms with Gasteiger partial charge >= 0.3 is 0 Å². The van der Waals surface area contributed by atoms with Gasteiger partial charge in [-0.25, -0.2) is 0 Å². The predicted octanol–water partition coefficient (Wildman–Crippen LogP) is 5.82. The average Bonchev–Trinajstić information content (AvgIpc) is 3.41. The van der Waals surface area contributed by atoms with Gasteiger partial charge < -0.3 is 15.0 Å². The van der Waals surface area contributed by atoms with Crippen LogP contribution in [0.25, 0.3) is 0 Å². The molecule has 0 bridgehead atoms. The van der Waals surface area contributed by atoms with Gasteiger partial charge in [0.2, 0.25) is 5.91 Å². The maximum atomic E-state index is 13.6. The van der Waals surface area contributed by atoms with E-state index in [1.165, 1.54) is 16.9 Å². The molecule has 0 spiro atoms. The van der Waals surface area contributed by atoms with Crippen molar-refractivity contribution in [1.82, 2.24) is 4.90 Å². The van der Waals surface area contributed by atoms with E-state index in [-0.39, 0.29) is 11.8 Å². The maximum Gasteiger partial charge on any atom is 0.264 e. The van der Waals surface area contributed by atoms with Crippen molar-refractivity contribution in [3.63, 3.8) is 0 Å². The average molecular weight is 467 g/mol. The fourth-order valence-electron chi connectivity index (χ4n) is 4.77. The van der Waals surface area contributed by atoms with Gasteiger partial charge in [-0.3, -0.25) is 9.59 Å². The van der Waals surface area contributed by atoms with Crippen LogP contribution in [-0.4, -0.2) is 23.3 Å². The number of nitrogens with one attached hydrogen (secondary N) is 1. The summed E-state index contributed by atoms with van der Waals surface area (Å²) in [7, 11) is 0. The minimum Gasteiger partial charge on any atom is -0.457 e. The Morgan fingerprint density at radius 3 is 2.32 bits per heavy atom. The van der Waals surface area contributed by atoms with Crippen LogP contribution in [-0.2, 0) is 17.8 Å². The largest absolute Gasteiger partial charge is 0.457 e. The number of carbonyl (C=O) groups is 2. The van der Waals surface area contributed by atoms with Crippen molar-refractivity contribution in [2.45, 2.75) is 18.9 Å². The van der Waals surface area contributed by atoms with Gasteiger partial charge in [-0.1, -0.05) is 48.5 Å². The summed E-state index contributed by atoms with van der Waals surface area (Å²) in [5.41, 5.74) is 4.72. The highest BCUT2D eigenvalue weighted by atomic mass is 32.1. The zero-order valence-corrected chi connectivity index (χ0v) is 19.2. The second kappa shape index (κ2) is 8.47. The molecule has 0 fully saturated rings. The first-order chi connectivity index (χ1) is 16.7. The molecule has 2 aliphatic heterocycles. The van der Waals surface area contributed by atoms with Crippen LogP contribution in [0.1, 0.15) is 37.8 Å². The zero-order chi connectivity index (χ0) is 23.1. The Bertz CT molecular complexity index is 1350. The summed E-state index contributed by atoms with van der Waals surface area (Å²) in [5.74, 6) is 0.897. The summed E-state index contributed by atoms with van der Waals surface area (Å²) in [5, 5.41) is 5.04. The quantitative estimate of drug-likeness (QED) is 0.414. The molecule has 6 rings (SSSR count). The summed E-state index contributed by atoms with van der Waals surface area (Å²) in [6, 6.07) is 25.1. The number of anilines is 1. The van der Waals surface area contributed by atoms with Crippen LogP contribution in [0.2, 0.25) is 0 Å². The number of hydrogen-bond donors (Lipinski definition) is 1. The summed E-state index contributed by atoms with van der Waals surface area (Å²) in [4.78, 5) is 29.0. The zero-order valence-electron chi connectivity index (χ0n) is 18.4. The topological polar surface area (TPSA) is 58.6 Å². The van der Waals surface area contributed by atoms with Crippen LogP contribution in [0.3, 0.4) is 0 Å². The number of hydrogen-bond acceptors (Lipinski definition) is 4. The maximum absolute atomic E-state index is 13.6. The van der Waals surface area contributed by atoms with Crippen molar-refractivity contribution in [3.05, 3.63) is 111 Å². The van der Waals surface area contributed by atoms with Gasteiger partial charge in [0.1, 0.15) is 11.5 Å². The van der Waals surface area contributed by atoms with Crippen LogP contribution in [0.5, 0.6) is 11.5 Å². The Morgan fingerprint density at radius 1 is 0.882 bits per heavy atom. The third-order valence-corrected chi connectivity index (χ3v) is 7.31. The standard InChI is InChI=1S/C28H22N2O3S/c31-27(26-21-6-1-3-8-23(21)33-24-9-4-2-7-22(24)26)29-20-12-11-18-13-14-30(17-19(18)16-20)28(32)25-10-5-15-34-25/h1-12,15-16,26H,13-14,17H2,(H,29,31). The molecule has 1 aromatic heterocycles. The monoisotopic (exact) mass is 466 g/mol. The Balaban J connectivity index is 1.27. The molecule has 2 amide bonds. The molecule has 1 N–H and O–H groups in total. The third kappa shape index (κ3) is 3.66. The van der Waals surface area contributed by atoms with Crippen LogP contribution in [0.15, 0.2) is 84.2 Å². The molecule has 0 atom stereocenters. The first-order valence-corrected chi connectivity index (χ1v) is 12.2. The molecule has 34 heavy (non-hydrogen) atoms. The Hall–Kier alpha value is -3.90. The van der Waals surface area contributed by atoms with E-state index in [0.717, 1.165) is 33.7 Å². The molecule has 4 aromatic rings. The lowest BCUT2D eigenvalue weighted by Crippen LogP contribution is -2.35. The lowest BCUT2D eigenvalue weighted by molar-refractivity contribution is -0.116. The van der Waals surface area contributed by atoms with E-state index in [9.17, 15) is 9.59 Å². The Labute approximate surface area is 201 Å². The Kier molecular flexibility index (Phi) is 5.15. The fourth-order valence-corrected chi connectivity index (χ4v) is 5.46. The van der Waals surface area contributed by atoms with E-state index in [2.05, 4.69) is 11.4 Å². The molecule has 0 saturated carbocycles. The second-order valence-electron chi connectivity index (χ2n) is 8.54. The van der Waals surface area contributed by atoms with Gasteiger partial charge in [0.15, 0.2) is 0 Å². The van der Waals surface area contributed by atoms with Crippen molar-refractivity contribution >= 4 is 28.8 Å². The number of carbonyl (C=O) groups excluding carboxylic acids is 2. The smallest absolute Gasteiger partial charge is 0.264 e. The molecular weight excluding hydrogens is 444 g/mol. The molecular formula is C28H22N2O3S. The molecule has 0 radical (unpaired) electrons. The van der Waals surface area contributed by atoms with Crippen molar-refractivity contribution in [3.8, 4) is 11.5 Å². The lowest BCUT2D eigenvalue weighted by Gasteiger charge is -2.29. The first kappa shape index (κ1) is 20.7. The Morgan fingerprint density at radius 2 is 1.62 bits per heavy atom. The van der Waals surface area contributed by atoms with Crippen molar-refractivity contribution < 1.29 is 14.3 Å².